The fraction of sp³-hybridized carbons (Fsp3) is 0.458. The number of rotatable bonds is 5. The summed E-state index contributed by atoms with van der Waals surface area (Å²) < 4.78 is 6.09. The van der Waals surface area contributed by atoms with Gasteiger partial charge in [-0.1, -0.05) is 11.6 Å². The van der Waals surface area contributed by atoms with Crippen LogP contribution in [0.5, 0.6) is 5.75 Å². The Morgan fingerprint density at radius 3 is 2.68 bits per heavy atom. The van der Waals surface area contributed by atoms with Gasteiger partial charge in [0.25, 0.3) is 0 Å². The summed E-state index contributed by atoms with van der Waals surface area (Å²) >= 11 is 2.03. The van der Waals surface area contributed by atoms with Crippen LogP contribution in [0.1, 0.15) is 24.2 Å². The minimum atomic E-state index is 0.252. The Morgan fingerprint density at radius 2 is 1.90 bits per heavy atom. The van der Waals surface area contributed by atoms with Gasteiger partial charge in [0, 0.05) is 49.3 Å². The van der Waals surface area contributed by atoms with Crippen molar-refractivity contribution in [2.45, 2.75) is 32.4 Å². The lowest BCUT2D eigenvalue weighted by molar-refractivity contribution is 0.0951. The second-order valence-corrected chi connectivity index (χ2v) is 9.59. The summed E-state index contributed by atoms with van der Waals surface area (Å²) in [6.07, 6.45) is 5.84. The van der Waals surface area contributed by atoms with Crippen molar-refractivity contribution in [3.63, 3.8) is 0 Å². The molecule has 1 aromatic carbocycles. The highest BCUT2D eigenvalue weighted by atomic mass is 32.2. The van der Waals surface area contributed by atoms with Gasteiger partial charge in [-0.3, -0.25) is 9.88 Å². The van der Waals surface area contributed by atoms with Gasteiger partial charge in [-0.2, -0.15) is 11.8 Å². The summed E-state index contributed by atoms with van der Waals surface area (Å²) in [5.74, 6) is 5.22. The van der Waals surface area contributed by atoms with Crippen LogP contribution in [0.25, 0.3) is 10.9 Å². The molecule has 0 spiro atoms. The number of ether oxygens (including phenoxy) is 1. The Hall–Kier alpha value is -2.38. The maximum Gasteiger partial charge on any atom is 0.145 e. The summed E-state index contributed by atoms with van der Waals surface area (Å²) in [6.45, 7) is 7.04. The van der Waals surface area contributed by atoms with Gasteiger partial charge in [-0.15, -0.1) is 0 Å². The number of hydrogen-bond acceptors (Lipinski definition) is 7. The molecule has 2 fully saturated rings. The number of anilines is 1. The van der Waals surface area contributed by atoms with Gasteiger partial charge in [0.15, 0.2) is 0 Å². The molecular weight excluding hydrogens is 406 g/mol. The lowest BCUT2D eigenvalue weighted by Gasteiger charge is -2.32. The highest BCUT2D eigenvalue weighted by Gasteiger charge is 2.23. The summed E-state index contributed by atoms with van der Waals surface area (Å²) in [4.78, 5) is 19.0. The molecule has 6 nitrogen and oxygen atoms in total. The average Bonchev–Trinajstić information content (AvgIpc) is 2.81. The van der Waals surface area contributed by atoms with Crippen molar-refractivity contribution in [3.8, 4) is 5.75 Å². The fourth-order valence-electron chi connectivity index (χ4n) is 4.35. The number of likely N-dealkylation sites (tertiary alicyclic amines) is 1. The van der Waals surface area contributed by atoms with E-state index in [1.54, 1.807) is 12.4 Å². The van der Waals surface area contributed by atoms with Gasteiger partial charge in [0.1, 0.15) is 23.5 Å². The van der Waals surface area contributed by atoms with Gasteiger partial charge in [0.2, 0.25) is 0 Å². The molecule has 162 valence electrons. The van der Waals surface area contributed by atoms with E-state index in [1.165, 1.54) is 10.9 Å². The van der Waals surface area contributed by atoms with Crippen molar-refractivity contribution in [1.29, 1.82) is 0 Å². The molecule has 0 unspecified atom stereocenters. The van der Waals surface area contributed by atoms with Crippen LogP contribution >= 0.6 is 11.8 Å². The zero-order valence-corrected chi connectivity index (χ0v) is 18.9. The molecule has 2 aliphatic rings. The molecule has 4 heterocycles. The number of nitrogens with zero attached hydrogens (tertiary/aromatic N) is 5. The minimum absolute atomic E-state index is 0.252. The summed E-state index contributed by atoms with van der Waals surface area (Å²) in [6, 6.07) is 10.4. The predicted molar refractivity (Wildman–Crippen MR) is 127 cm³/mol. The Labute approximate surface area is 188 Å². The van der Waals surface area contributed by atoms with Gasteiger partial charge in [0.05, 0.1) is 18.3 Å². The number of thioether (sulfide) groups is 1. The lowest BCUT2D eigenvalue weighted by atomic mass is 10.1. The predicted octanol–water partition coefficient (Wildman–Crippen LogP) is 3.93. The number of fused-ring (bicyclic) bond motifs is 1. The molecule has 2 aromatic heterocycles. The number of aryl methyl sites for hydroxylation is 1. The topological polar surface area (TPSA) is 54.4 Å². The van der Waals surface area contributed by atoms with E-state index in [4.69, 9.17) is 14.7 Å². The highest BCUT2D eigenvalue weighted by Crippen LogP contribution is 2.28. The third-order valence-corrected chi connectivity index (χ3v) is 6.97. The molecule has 0 radical (unpaired) electrons. The minimum Gasteiger partial charge on any atom is -0.489 e. The summed E-state index contributed by atoms with van der Waals surface area (Å²) in [5.41, 5.74) is 2.31. The Bertz CT molecular complexity index is 1020. The molecule has 0 bridgehead atoms. The number of hydrogen-bond donors (Lipinski definition) is 0. The van der Waals surface area contributed by atoms with Crippen molar-refractivity contribution in [2.24, 2.45) is 0 Å². The molecule has 0 aliphatic carbocycles. The van der Waals surface area contributed by atoms with Crippen molar-refractivity contribution in [2.75, 3.05) is 42.6 Å². The lowest BCUT2D eigenvalue weighted by Crippen LogP contribution is -2.38. The van der Waals surface area contributed by atoms with Crippen LogP contribution in [0, 0.1) is 6.92 Å². The van der Waals surface area contributed by atoms with E-state index in [1.807, 2.05) is 23.9 Å². The largest absolute Gasteiger partial charge is 0.489 e. The molecular formula is C24H29N5OS. The van der Waals surface area contributed by atoms with Crippen LogP contribution in [0.15, 0.2) is 42.7 Å². The molecule has 5 rings (SSSR count). The van der Waals surface area contributed by atoms with E-state index in [0.29, 0.717) is 0 Å². The number of aromatic nitrogens is 3. The first-order valence-corrected chi connectivity index (χ1v) is 12.3. The van der Waals surface area contributed by atoms with Crippen molar-refractivity contribution in [3.05, 3.63) is 54.1 Å². The Balaban J connectivity index is 1.30. The average molecular weight is 436 g/mol. The number of benzene rings is 1. The molecule has 0 N–H and O–H groups in total. The fourth-order valence-corrected chi connectivity index (χ4v) is 5.26. The van der Waals surface area contributed by atoms with Gasteiger partial charge in [-0.25, -0.2) is 9.97 Å². The third kappa shape index (κ3) is 4.93. The monoisotopic (exact) mass is 435 g/mol. The smallest absolute Gasteiger partial charge is 0.145 e. The normalized spacial score (nSPS) is 18.4. The third-order valence-electron chi connectivity index (χ3n) is 6.02. The Kier molecular flexibility index (Phi) is 6.22. The van der Waals surface area contributed by atoms with E-state index in [2.05, 4.69) is 39.9 Å². The molecule has 31 heavy (non-hydrogen) atoms. The highest BCUT2D eigenvalue weighted by molar-refractivity contribution is 7.99. The maximum atomic E-state index is 6.09. The van der Waals surface area contributed by atoms with Crippen LogP contribution in [0.2, 0.25) is 0 Å². The van der Waals surface area contributed by atoms with E-state index in [0.717, 1.165) is 80.0 Å². The first-order valence-electron chi connectivity index (χ1n) is 11.1. The molecule has 2 saturated heterocycles. The second-order valence-electron chi connectivity index (χ2n) is 8.37. The maximum absolute atomic E-state index is 6.09. The van der Waals surface area contributed by atoms with Crippen molar-refractivity contribution < 1.29 is 4.74 Å². The van der Waals surface area contributed by atoms with Crippen LogP contribution < -0.4 is 9.64 Å². The van der Waals surface area contributed by atoms with E-state index in [9.17, 15) is 0 Å². The molecule has 0 saturated carbocycles. The first-order chi connectivity index (χ1) is 15.2. The van der Waals surface area contributed by atoms with E-state index < -0.39 is 0 Å². The van der Waals surface area contributed by atoms with E-state index >= 15 is 0 Å². The van der Waals surface area contributed by atoms with Crippen LogP contribution in [0.3, 0.4) is 0 Å². The SMILES string of the molecule is Cc1ccc2nc(CN3CCC(Oc4cccnc4)CC3)nc(N3CCSCC3)c2c1. The molecule has 0 atom stereocenters. The summed E-state index contributed by atoms with van der Waals surface area (Å²) in [7, 11) is 0. The first kappa shape index (κ1) is 20.5. The van der Waals surface area contributed by atoms with Gasteiger partial charge < -0.3 is 9.64 Å². The number of pyridine rings is 1. The molecule has 0 amide bonds. The summed E-state index contributed by atoms with van der Waals surface area (Å²) in [5, 5.41) is 1.18. The van der Waals surface area contributed by atoms with Crippen LogP contribution in [0.4, 0.5) is 5.82 Å². The Morgan fingerprint density at radius 1 is 1.06 bits per heavy atom. The molecule has 7 heteroatoms. The van der Waals surface area contributed by atoms with E-state index in [-0.39, 0.29) is 6.10 Å². The van der Waals surface area contributed by atoms with Gasteiger partial charge >= 0.3 is 0 Å². The molecule has 3 aromatic rings. The van der Waals surface area contributed by atoms with Crippen molar-refractivity contribution in [1.82, 2.24) is 19.9 Å². The number of piperidine rings is 1. The van der Waals surface area contributed by atoms with Gasteiger partial charge in [-0.05, 0) is 44.0 Å². The molecule has 2 aliphatic heterocycles. The zero-order valence-electron chi connectivity index (χ0n) is 18.0. The van der Waals surface area contributed by atoms with Crippen LogP contribution in [-0.2, 0) is 6.54 Å². The second kappa shape index (κ2) is 9.40. The standard InChI is InChI=1S/C24H29N5OS/c1-18-4-5-22-21(15-18)24(29-11-13-31-14-12-29)27-23(26-22)17-28-9-6-19(7-10-28)30-20-3-2-8-25-16-20/h2-5,8,15-16,19H,6-7,9-14,17H2,1H3. The van der Waals surface area contributed by atoms with Crippen LogP contribution in [-0.4, -0.2) is 63.6 Å². The van der Waals surface area contributed by atoms with Crippen molar-refractivity contribution >= 4 is 28.5 Å². The quantitative estimate of drug-likeness (QED) is 0.602. The zero-order chi connectivity index (χ0) is 21.0.